The lowest BCUT2D eigenvalue weighted by atomic mass is 9.96. The highest BCUT2D eigenvalue weighted by Gasteiger charge is 2.38. The molecule has 0 spiro atoms. The van der Waals surface area contributed by atoms with Crippen LogP contribution < -0.4 is 5.32 Å². The molecule has 2 amide bonds. The number of urea groups is 1. The van der Waals surface area contributed by atoms with E-state index in [1.165, 1.54) is 23.2 Å². The molecule has 1 unspecified atom stereocenters. The third-order valence-corrected chi connectivity index (χ3v) is 5.96. The Morgan fingerprint density at radius 2 is 1.96 bits per heavy atom. The Morgan fingerprint density at radius 1 is 1.21 bits per heavy atom. The highest BCUT2D eigenvalue weighted by atomic mass is 32.2. The number of hydrazone groups is 1. The summed E-state index contributed by atoms with van der Waals surface area (Å²) in [7, 11) is 4.08. The minimum Gasteiger partial charge on any atom is -0.438 e. The Hall–Kier alpha value is -1.28. The summed E-state index contributed by atoms with van der Waals surface area (Å²) >= 11 is 1.47. The van der Waals surface area contributed by atoms with Gasteiger partial charge >= 0.3 is 6.03 Å². The Labute approximate surface area is 173 Å². The molecule has 1 heterocycles. The number of nitrogens with zero attached hydrogens (tertiary/aromatic N) is 3. The molecular weight excluding hydrogens is 376 g/mol. The SMILES string of the molecule is CCCCCC(=O)C1OC(SCCCN(C)C)=NN1C(=O)NC1CCCCC1. The molecule has 1 saturated carbocycles. The minimum absolute atomic E-state index is 0.0696. The van der Waals surface area contributed by atoms with Crippen LogP contribution >= 0.6 is 11.8 Å². The van der Waals surface area contributed by atoms with Crippen molar-refractivity contribution >= 4 is 28.8 Å². The highest BCUT2D eigenvalue weighted by Crippen LogP contribution is 2.24. The third kappa shape index (κ3) is 7.62. The van der Waals surface area contributed by atoms with E-state index in [1.54, 1.807) is 0 Å². The lowest BCUT2D eigenvalue weighted by molar-refractivity contribution is -0.131. The summed E-state index contributed by atoms with van der Waals surface area (Å²) in [6, 6.07) is -0.145. The van der Waals surface area contributed by atoms with Crippen LogP contribution in [0.2, 0.25) is 0 Å². The maximum absolute atomic E-state index is 12.8. The first-order chi connectivity index (χ1) is 13.5. The number of amides is 2. The number of ketones is 1. The van der Waals surface area contributed by atoms with E-state index < -0.39 is 6.23 Å². The molecule has 1 fully saturated rings. The fourth-order valence-electron chi connectivity index (χ4n) is 3.43. The van der Waals surface area contributed by atoms with Crippen molar-refractivity contribution in [2.75, 3.05) is 26.4 Å². The number of hydrogen-bond donors (Lipinski definition) is 1. The topological polar surface area (TPSA) is 74.2 Å². The lowest BCUT2D eigenvalue weighted by Gasteiger charge is -2.26. The zero-order chi connectivity index (χ0) is 20.4. The zero-order valence-electron chi connectivity index (χ0n) is 17.6. The van der Waals surface area contributed by atoms with Crippen molar-refractivity contribution in [2.24, 2.45) is 5.10 Å². The number of hydrogen-bond acceptors (Lipinski definition) is 6. The summed E-state index contributed by atoms with van der Waals surface area (Å²) in [5.74, 6) is 0.770. The zero-order valence-corrected chi connectivity index (χ0v) is 18.4. The molecule has 0 radical (unpaired) electrons. The quantitative estimate of drug-likeness (QED) is 0.553. The van der Waals surface area contributed by atoms with E-state index in [0.717, 1.165) is 63.7 Å². The van der Waals surface area contributed by atoms with E-state index in [9.17, 15) is 9.59 Å². The normalized spacial score (nSPS) is 20.2. The summed E-state index contributed by atoms with van der Waals surface area (Å²) < 4.78 is 5.80. The first kappa shape index (κ1) is 23.0. The maximum atomic E-state index is 12.8. The van der Waals surface area contributed by atoms with Gasteiger partial charge in [-0.05, 0) is 46.3 Å². The Morgan fingerprint density at radius 3 is 2.64 bits per heavy atom. The molecule has 0 aromatic carbocycles. The van der Waals surface area contributed by atoms with Gasteiger partial charge in [0.2, 0.25) is 0 Å². The van der Waals surface area contributed by atoms with Crippen LogP contribution in [0, 0.1) is 0 Å². The van der Waals surface area contributed by atoms with E-state index in [4.69, 9.17) is 4.74 Å². The number of rotatable bonds is 10. The Bertz CT molecular complexity index is 536. The monoisotopic (exact) mass is 412 g/mol. The van der Waals surface area contributed by atoms with Gasteiger partial charge < -0.3 is 15.0 Å². The molecule has 1 aliphatic carbocycles. The fraction of sp³-hybridized carbons (Fsp3) is 0.850. The number of thioether (sulfide) groups is 1. The smallest absolute Gasteiger partial charge is 0.341 e. The number of carbonyl (C=O) groups is 2. The standard InChI is InChI=1S/C20H36N4O3S/c1-4-5-7-13-17(25)18-24(19(26)21-16-11-8-6-9-12-16)22-20(27-18)28-15-10-14-23(2)3/h16,18H,4-15H2,1-3H3,(H,21,26). The van der Waals surface area contributed by atoms with Crippen molar-refractivity contribution in [1.82, 2.24) is 15.2 Å². The third-order valence-electron chi connectivity index (χ3n) is 5.04. The van der Waals surface area contributed by atoms with Gasteiger partial charge in [-0.15, -0.1) is 5.10 Å². The van der Waals surface area contributed by atoms with Crippen LogP contribution in [0.1, 0.15) is 71.1 Å². The number of carbonyl (C=O) groups excluding carboxylic acids is 2. The van der Waals surface area contributed by atoms with Crippen LogP contribution in [0.25, 0.3) is 0 Å². The predicted molar refractivity (Wildman–Crippen MR) is 114 cm³/mol. The van der Waals surface area contributed by atoms with E-state index in [1.807, 2.05) is 14.1 Å². The first-order valence-corrected chi connectivity index (χ1v) is 11.6. The average Bonchev–Trinajstić information content (AvgIpc) is 3.10. The van der Waals surface area contributed by atoms with Gasteiger partial charge in [-0.3, -0.25) is 4.79 Å². The van der Waals surface area contributed by atoms with Gasteiger partial charge in [-0.2, -0.15) is 5.01 Å². The molecular formula is C20H36N4O3S. The number of nitrogens with one attached hydrogen (secondary N) is 1. The van der Waals surface area contributed by atoms with Gasteiger partial charge in [0.25, 0.3) is 11.5 Å². The largest absolute Gasteiger partial charge is 0.438 e. The van der Waals surface area contributed by atoms with Crippen LogP contribution in [-0.4, -0.2) is 65.6 Å². The molecule has 160 valence electrons. The van der Waals surface area contributed by atoms with E-state index in [0.29, 0.717) is 11.7 Å². The lowest BCUT2D eigenvalue weighted by Crippen LogP contribution is -2.48. The second-order valence-electron chi connectivity index (χ2n) is 7.89. The molecule has 28 heavy (non-hydrogen) atoms. The summed E-state index contributed by atoms with van der Waals surface area (Å²) in [6.07, 6.45) is 8.83. The van der Waals surface area contributed by atoms with Crippen LogP contribution in [0.4, 0.5) is 4.79 Å². The van der Waals surface area contributed by atoms with Gasteiger partial charge in [-0.1, -0.05) is 50.8 Å². The van der Waals surface area contributed by atoms with E-state index >= 15 is 0 Å². The second kappa shape index (κ2) is 12.3. The molecule has 0 saturated heterocycles. The molecule has 2 aliphatic rings. The summed E-state index contributed by atoms with van der Waals surface area (Å²) in [6.45, 7) is 3.08. The average molecular weight is 413 g/mol. The van der Waals surface area contributed by atoms with Crippen LogP contribution in [0.5, 0.6) is 0 Å². The minimum atomic E-state index is -0.920. The molecule has 7 nitrogen and oxygen atoms in total. The molecule has 0 bridgehead atoms. The van der Waals surface area contributed by atoms with Crippen molar-refractivity contribution in [3.8, 4) is 0 Å². The van der Waals surface area contributed by atoms with Crippen molar-refractivity contribution in [2.45, 2.75) is 83.4 Å². The molecule has 2 rings (SSSR count). The van der Waals surface area contributed by atoms with Crippen LogP contribution in [0.15, 0.2) is 5.10 Å². The second-order valence-corrected chi connectivity index (χ2v) is 8.94. The van der Waals surface area contributed by atoms with Crippen molar-refractivity contribution in [1.29, 1.82) is 0 Å². The van der Waals surface area contributed by atoms with Crippen LogP contribution in [-0.2, 0) is 9.53 Å². The number of ether oxygens (including phenoxy) is 1. The number of Topliss-reactive ketones (excluding diaryl/α,β-unsaturated/α-hetero) is 1. The van der Waals surface area contributed by atoms with Crippen LogP contribution in [0.3, 0.4) is 0 Å². The summed E-state index contributed by atoms with van der Waals surface area (Å²) in [5.41, 5.74) is 0. The molecule has 8 heteroatoms. The molecule has 1 N–H and O–H groups in total. The van der Waals surface area contributed by atoms with Gasteiger partial charge in [0.05, 0.1) is 0 Å². The maximum Gasteiger partial charge on any atom is 0.341 e. The van der Waals surface area contributed by atoms with E-state index in [-0.39, 0.29) is 17.9 Å². The predicted octanol–water partition coefficient (Wildman–Crippen LogP) is 3.79. The van der Waals surface area contributed by atoms with E-state index in [2.05, 4.69) is 22.2 Å². The number of unbranched alkanes of at least 4 members (excludes halogenated alkanes) is 2. The van der Waals surface area contributed by atoms with Crippen molar-refractivity contribution in [3.63, 3.8) is 0 Å². The van der Waals surface area contributed by atoms with Crippen molar-refractivity contribution in [3.05, 3.63) is 0 Å². The summed E-state index contributed by atoms with van der Waals surface area (Å²) in [5, 5.41) is 9.05. The first-order valence-electron chi connectivity index (χ1n) is 10.7. The molecule has 1 atom stereocenters. The van der Waals surface area contributed by atoms with Gasteiger partial charge in [0, 0.05) is 18.2 Å². The Kier molecular flexibility index (Phi) is 10.1. The fourth-order valence-corrected chi connectivity index (χ4v) is 4.18. The summed E-state index contributed by atoms with van der Waals surface area (Å²) in [4.78, 5) is 27.6. The van der Waals surface area contributed by atoms with Gasteiger partial charge in [-0.25, -0.2) is 4.79 Å². The van der Waals surface area contributed by atoms with Gasteiger partial charge in [0.15, 0.2) is 5.78 Å². The van der Waals surface area contributed by atoms with Crippen molar-refractivity contribution < 1.29 is 14.3 Å². The highest BCUT2D eigenvalue weighted by molar-refractivity contribution is 8.13. The molecule has 0 aromatic rings. The van der Waals surface area contributed by atoms with Gasteiger partial charge in [0.1, 0.15) is 0 Å². The Balaban J connectivity index is 1.94. The molecule has 0 aromatic heterocycles. The molecule has 1 aliphatic heterocycles.